The Labute approximate surface area is 188 Å². The molecule has 1 aliphatic heterocycles. The summed E-state index contributed by atoms with van der Waals surface area (Å²) in [6.45, 7) is 1.48. The van der Waals surface area contributed by atoms with Gasteiger partial charge in [0.15, 0.2) is 0 Å². The molecule has 0 bridgehead atoms. The summed E-state index contributed by atoms with van der Waals surface area (Å²) in [7, 11) is 0. The van der Waals surface area contributed by atoms with Crippen molar-refractivity contribution in [1.82, 2.24) is 9.88 Å². The van der Waals surface area contributed by atoms with E-state index in [1.807, 2.05) is 17.0 Å². The van der Waals surface area contributed by atoms with E-state index in [9.17, 15) is 22.4 Å². The van der Waals surface area contributed by atoms with Crippen molar-refractivity contribution in [2.45, 2.75) is 6.18 Å². The van der Waals surface area contributed by atoms with E-state index in [0.717, 1.165) is 6.07 Å². The van der Waals surface area contributed by atoms with Crippen LogP contribution in [0, 0.1) is 17.7 Å². The highest BCUT2D eigenvalue weighted by Crippen LogP contribution is 2.32. The number of amides is 1. The van der Waals surface area contributed by atoms with Crippen LogP contribution < -0.4 is 4.90 Å². The van der Waals surface area contributed by atoms with Crippen LogP contribution in [0.15, 0.2) is 66.9 Å². The summed E-state index contributed by atoms with van der Waals surface area (Å²) in [5, 5.41) is 0. The number of aromatic nitrogens is 1. The summed E-state index contributed by atoms with van der Waals surface area (Å²) in [6.07, 6.45) is -2.96. The van der Waals surface area contributed by atoms with E-state index in [-0.39, 0.29) is 11.4 Å². The number of hydrogen-bond acceptors (Lipinski definition) is 3. The molecule has 4 nitrogen and oxygen atoms in total. The molecule has 3 aromatic rings. The number of carbonyl (C=O) groups excluding carboxylic acids is 1. The average Bonchev–Trinajstić information content (AvgIpc) is 2.83. The van der Waals surface area contributed by atoms with Gasteiger partial charge < -0.3 is 9.80 Å². The van der Waals surface area contributed by atoms with E-state index < -0.39 is 17.6 Å². The fraction of sp³-hybridized carbons (Fsp3) is 0.200. The van der Waals surface area contributed by atoms with E-state index in [0.29, 0.717) is 43.1 Å². The van der Waals surface area contributed by atoms with Crippen molar-refractivity contribution in [3.63, 3.8) is 0 Å². The molecular formula is C25H19F4N3O. The molecule has 1 aromatic heterocycles. The molecule has 0 aliphatic carbocycles. The molecule has 0 saturated carbocycles. The summed E-state index contributed by atoms with van der Waals surface area (Å²) >= 11 is 0. The topological polar surface area (TPSA) is 36.4 Å². The molecule has 168 valence electrons. The molecule has 4 rings (SSSR count). The maximum Gasteiger partial charge on any atom is 0.417 e. The highest BCUT2D eigenvalue weighted by molar-refractivity contribution is 5.96. The summed E-state index contributed by atoms with van der Waals surface area (Å²) in [5.74, 6) is 5.67. The van der Waals surface area contributed by atoms with Gasteiger partial charge in [0.05, 0.1) is 11.1 Å². The molecule has 1 fully saturated rings. The third-order valence-electron chi connectivity index (χ3n) is 5.30. The summed E-state index contributed by atoms with van der Waals surface area (Å²) in [5.41, 5.74) is 0.131. The minimum Gasteiger partial charge on any atom is -0.353 e. The maximum atomic E-state index is 13.2. The van der Waals surface area contributed by atoms with Gasteiger partial charge in [0, 0.05) is 43.5 Å². The van der Waals surface area contributed by atoms with E-state index in [1.54, 1.807) is 18.3 Å². The summed E-state index contributed by atoms with van der Waals surface area (Å²) in [6, 6.07) is 14.4. The first-order valence-corrected chi connectivity index (χ1v) is 10.3. The van der Waals surface area contributed by atoms with Crippen LogP contribution in [0.1, 0.15) is 27.0 Å². The van der Waals surface area contributed by atoms with Gasteiger partial charge in [-0.05, 0) is 48.5 Å². The van der Waals surface area contributed by atoms with E-state index in [4.69, 9.17) is 0 Å². The van der Waals surface area contributed by atoms with E-state index in [2.05, 4.69) is 16.8 Å². The van der Waals surface area contributed by atoms with Gasteiger partial charge >= 0.3 is 6.18 Å². The zero-order chi connectivity index (χ0) is 23.4. The molecule has 0 unspecified atom stereocenters. The maximum absolute atomic E-state index is 13.2. The molecule has 0 spiro atoms. The number of halogens is 4. The minimum absolute atomic E-state index is 0.291. The van der Waals surface area contributed by atoms with Crippen LogP contribution >= 0.6 is 0 Å². The third kappa shape index (κ3) is 5.32. The first-order valence-electron chi connectivity index (χ1n) is 10.3. The minimum atomic E-state index is -4.58. The van der Waals surface area contributed by atoms with Gasteiger partial charge in [-0.1, -0.05) is 24.0 Å². The molecule has 1 saturated heterocycles. The normalized spacial score (nSPS) is 13.9. The van der Waals surface area contributed by atoms with Crippen molar-refractivity contribution in [3.05, 3.63) is 94.9 Å². The number of alkyl halides is 3. The van der Waals surface area contributed by atoms with Gasteiger partial charge in [-0.15, -0.1) is 0 Å². The van der Waals surface area contributed by atoms with Crippen LogP contribution in [0.2, 0.25) is 0 Å². The zero-order valence-corrected chi connectivity index (χ0v) is 17.4. The number of anilines is 1. The lowest BCUT2D eigenvalue weighted by Gasteiger charge is -2.35. The zero-order valence-electron chi connectivity index (χ0n) is 17.4. The van der Waals surface area contributed by atoms with Crippen LogP contribution in [0.4, 0.5) is 23.4 Å². The third-order valence-corrected chi connectivity index (χ3v) is 5.30. The molecule has 0 radical (unpaired) electrons. The molecule has 33 heavy (non-hydrogen) atoms. The number of rotatable bonds is 2. The number of piperazine rings is 1. The van der Waals surface area contributed by atoms with Gasteiger partial charge in [-0.2, -0.15) is 13.2 Å². The van der Waals surface area contributed by atoms with E-state index >= 15 is 0 Å². The van der Waals surface area contributed by atoms with Crippen LogP contribution in [0.25, 0.3) is 0 Å². The second-order valence-electron chi connectivity index (χ2n) is 7.48. The van der Waals surface area contributed by atoms with Crippen molar-refractivity contribution in [2.24, 2.45) is 0 Å². The molecule has 2 aromatic carbocycles. The largest absolute Gasteiger partial charge is 0.417 e. The second kappa shape index (κ2) is 9.33. The molecule has 0 atom stereocenters. The lowest BCUT2D eigenvalue weighted by Crippen LogP contribution is -2.49. The smallest absolute Gasteiger partial charge is 0.353 e. The lowest BCUT2D eigenvalue weighted by molar-refractivity contribution is -0.138. The first kappa shape index (κ1) is 22.3. The Morgan fingerprint density at radius 2 is 1.48 bits per heavy atom. The van der Waals surface area contributed by atoms with Gasteiger partial charge in [0.1, 0.15) is 11.6 Å². The van der Waals surface area contributed by atoms with E-state index in [1.165, 1.54) is 35.2 Å². The fourth-order valence-electron chi connectivity index (χ4n) is 3.55. The first-order chi connectivity index (χ1) is 15.8. The Balaban J connectivity index is 1.39. The van der Waals surface area contributed by atoms with Crippen molar-refractivity contribution in [2.75, 3.05) is 31.1 Å². The monoisotopic (exact) mass is 453 g/mol. The molecule has 1 aliphatic rings. The molecular weight excluding hydrogens is 434 g/mol. The number of hydrogen-bond donors (Lipinski definition) is 0. The molecule has 0 N–H and O–H groups in total. The summed E-state index contributed by atoms with van der Waals surface area (Å²) in [4.78, 5) is 20.5. The molecule has 2 heterocycles. The SMILES string of the molecule is O=C(c1ccccc1C(F)(F)F)N1CCN(c2ccc(C#Cc3ccc(F)cc3)cn2)CC1. The highest BCUT2D eigenvalue weighted by atomic mass is 19.4. The van der Waals surface area contributed by atoms with Gasteiger partial charge in [0.2, 0.25) is 0 Å². The van der Waals surface area contributed by atoms with Crippen LogP contribution in [-0.4, -0.2) is 42.0 Å². The van der Waals surface area contributed by atoms with Gasteiger partial charge in [-0.25, -0.2) is 9.37 Å². The number of nitrogens with zero attached hydrogens (tertiary/aromatic N) is 3. The average molecular weight is 453 g/mol. The Kier molecular flexibility index (Phi) is 6.31. The van der Waals surface area contributed by atoms with Crippen LogP contribution in [0.5, 0.6) is 0 Å². The number of carbonyl (C=O) groups is 1. The van der Waals surface area contributed by atoms with Gasteiger partial charge in [0.25, 0.3) is 5.91 Å². The Morgan fingerprint density at radius 1 is 0.848 bits per heavy atom. The Morgan fingerprint density at radius 3 is 2.12 bits per heavy atom. The quantitative estimate of drug-likeness (QED) is 0.420. The van der Waals surface area contributed by atoms with Crippen molar-refractivity contribution >= 4 is 11.7 Å². The molecule has 1 amide bonds. The van der Waals surface area contributed by atoms with Crippen LogP contribution in [0.3, 0.4) is 0 Å². The standard InChI is InChI=1S/C25H19F4N3O/c26-20-10-7-18(8-11-20)5-6-19-9-12-23(30-17-19)31-13-15-32(16-14-31)24(33)21-3-1-2-4-22(21)25(27,28)29/h1-4,7-12,17H,13-16H2. The Hall–Kier alpha value is -3.86. The van der Waals surface area contributed by atoms with Crippen molar-refractivity contribution in [3.8, 4) is 11.8 Å². The Bertz CT molecular complexity index is 1190. The number of benzene rings is 2. The number of pyridine rings is 1. The molecule has 8 heteroatoms. The predicted molar refractivity (Wildman–Crippen MR) is 116 cm³/mol. The highest BCUT2D eigenvalue weighted by Gasteiger charge is 2.36. The van der Waals surface area contributed by atoms with Crippen LogP contribution in [-0.2, 0) is 6.18 Å². The van der Waals surface area contributed by atoms with Gasteiger partial charge in [-0.3, -0.25) is 4.79 Å². The van der Waals surface area contributed by atoms with Crippen molar-refractivity contribution < 1.29 is 22.4 Å². The second-order valence-corrected chi connectivity index (χ2v) is 7.48. The van der Waals surface area contributed by atoms with Crippen molar-refractivity contribution in [1.29, 1.82) is 0 Å². The lowest BCUT2D eigenvalue weighted by atomic mass is 10.1. The predicted octanol–water partition coefficient (Wildman–Crippen LogP) is 4.60. The fourth-order valence-corrected chi connectivity index (χ4v) is 3.55. The summed E-state index contributed by atoms with van der Waals surface area (Å²) < 4.78 is 52.7.